The molecule has 1 aliphatic rings. The number of nitrogens with one attached hydrogen (secondary N) is 2. The first-order valence-corrected chi connectivity index (χ1v) is 10.5. The zero-order chi connectivity index (χ0) is 21.6. The standard InChI is InChI=1S/C20H29N9O2.2ClH/c1-4-31-10-9-29-18-17(15(27-29)12-30-3)25-20(28-8-7-22-14(2)11-28)26-19(18)24-16-5-6-21-13-23-16;;/h5-6,13-14,22H,4,7-12H2,1-3H3,(H,21,23,24,25,26);2*1H/t14-;;/m1../s1. The number of anilines is 3. The van der Waals surface area contributed by atoms with Gasteiger partial charge in [-0.3, -0.25) is 4.68 Å². The van der Waals surface area contributed by atoms with Gasteiger partial charge in [-0.2, -0.15) is 10.1 Å². The highest BCUT2D eigenvalue weighted by Crippen LogP contribution is 2.29. The molecule has 1 atom stereocenters. The monoisotopic (exact) mass is 499 g/mol. The van der Waals surface area contributed by atoms with Gasteiger partial charge in [-0.15, -0.1) is 24.8 Å². The number of ether oxygens (including phenoxy) is 2. The van der Waals surface area contributed by atoms with E-state index in [-0.39, 0.29) is 24.8 Å². The molecule has 4 rings (SSSR count). The van der Waals surface area contributed by atoms with E-state index in [0.717, 1.165) is 36.4 Å². The lowest BCUT2D eigenvalue weighted by atomic mass is 10.2. The molecule has 2 N–H and O–H groups in total. The van der Waals surface area contributed by atoms with Gasteiger partial charge >= 0.3 is 0 Å². The normalized spacial score (nSPS) is 15.7. The second kappa shape index (κ2) is 12.8. The highest BCUT2D eigenvalue weighted by Gasteiger charge is 2.24. The van der Waals surface area contributed by atoms with Crippen molar-refractivity contribution in [2.75, 3.05) is 50.2 Å². The Bertz CT molecular complexity index is 1010. The highest BCUT2D eigenvalue weighted by atomic mass is 35.5. The molecule has 0 spiro atoms. The number of hydrogen-bond donors (Lipinski definition) is 2. The van der Waals surface area contributed by atoms with Gasteiger partial charge < -0.3 is 25.0 Å². The Morgan fingerprint density at radius 3 is 2.82 bits per heavy atom. The minimum atomic E-state index is 0. The summed E-state index contributed by atoms with van der Waals surface area (Å²) in [6.45, 7) is 8.82. The Labute approximate surface area is 205 Å². The fourth-order valence-electron chi connectivity index (χ4n) is 3.65. The second-order valence-electron chi connectivity index (χ2n) is 7.39. The van der Waals surface area contributed by atoms with E-state index in [9.17, 15) is 0 Å². The largest absolute Gasteiger partial charge is 0.380 e. The Morgan fingerprint density at radius 2 is 2.12 bits per heavy atom. The molecule has 182 valence electrons. The molecule has 33 heavy (non-hydrogen) atoms. The van der Waals surface area contributed by atoms with Gasteiger partial charge in [0.15, 0.2) is 5.82 Å². The van der Waals surface area contributed by atoms with Crippen LogP contribution in [0.2, 0.25) is 0 Å². The summed E-state index contributed by atoms with van der Waals surface area (Å²) in [5.74, 6) is 1.97. The van der Waals surface area contributed by atoms with Crippen LogP contribution in [0.4, 0.5) is 17.6 Å². The minimum absolute atomic E-state index is 0. The molecule has 0 bridgehead atoms. The molecule has 0 amide bonds. The van der Waals surface area contributed by atoms with Crippen LogP contribution in [0.25, 0.3) is 11.0 Å². The molecule has 1 aliphatic heterocycles. The SMILES string of the molecule is CCOCCn1nc(COC)c2nc(N3CCN[C@H](C)C3)nc(Nc3ccncn3)c21.Cl.Cl. The smallest absolute Gasteiger partial charge is 0.228 e. The van der Waals surface area contributed by atoms with Crippen molar-refractivity contribution in [3.8, 4) is 0 Å². The van der Waals surface area contributed by atoms with Crippen LogP contribution in [0.5, 0.6) is 0 Å². The average molecular weight is 500 g/mol. The summed E-state index contributed by atoms with van der Waals surface area (Å²) in [4.78, 5) is 20.3. The van der Waals surface area contributed by atoms with E-state index in [1.807, 2.05) is 11.6 Å². The summed E-state index contributed by atoms with van der Waals surface area (Å²) in [5, 5.41) is 11.6. The molecule has 1 fully saturated rings. The van der Waals surface area contributed by atoms with Crippen LogP contribution in [-0.4, -0.2) is 75.7 Å². The Kier molecular flexibility index (Phi) is 10.5. The maximum Gasteiger partial charge on any atom is 0.228 e. The third-order valence-electron chi connectivity index (χ3n) is 5.06. The van der Waals surface area contributed by atoms with E-state index < -0.39 is 0 Å². The first-order chi connectivity index (χ1) is 15.2. The molecule has 0 radical (unpaired) electrons. The summed E-state index contributed by atoms with van der Waals surface area (Å²) in [7, 11) is 1.66. The summed E-state index contributed by atoms with van der Waals surface area (Å²) >= 11 is 0. The maximum absolute atomic E-state index is 5.56. The first kappa shape index (κ1) is 26.9. The molecule has 0 saturated carbocycles. The molecular weight excluding hydrogens is 469 g/mol. The van der Waals surface area contributed by atoms with Gasteiger partial charge in [-0.05, 0) is 19.9 Å². The van der Waals surface area contributed by atoms with Gasteiger partial charge in [0.2, 0.25) is 5.95 Å². The van der Waals surface area contributed by atoms with E-state index in [1.165, 1.54) is 6.33 Å². The lowest BCUT2D eigenvalue weighted by Crippen LogP contribution is -2.49. The van der Waals surface area contributed by atoms with Crippen molar-refractivity contribution < 1.29 is 9.47 Å². The number of halogens is 2. The van der Waals surface area contributed by atoms with Gasteiger partial charge in [-0.1, -0.05) is 0 Å². The van der Waals surface area contributed by atoms with Gasteiger partial charge in [0.25, 0.3) is 0 Å². The molecule has 1 saturated heterocycles. The van der Waals surface area contributed by atoms with Crippen LogP contribution in [0, 0.1) is 0 Å². The highest BCUT2D eigenvalue weighted by molar-refractivity contribution is 5.90. The quantitative estimate of drug-likeness (QED) is 0.424. The van der Waals surface area contributed by atoms with Crippen molar-refractivity contribution in [1.29, 1.82) is 0 Å². The van der Waals surface area contributed by atoms with Gasteiger partial charge in [-0.25, -0.2) is 15.0 Å². The van der Waals surface area contributed by atoms with Gasteiger partial charge in [0.1, 0.15) is 28.9 Å². The number of hydrogen-bond acceptors (Lipinski definition) is 10. The number of aromatic nitrogens is 6. The number of rotatable bonds is 9. The van der Waals surface area contributed by atoms with E-state index in [2.05, 4.69) is 32.4 Å². The number of methoxy groups -OCH3 is 1. The first-order valence-electron chi connectivity index (χ1n) is 10.5. The van der Waals surface area contributed by atoms with Crippen molar-refractivity contribution in [1.82, 2.24) is 35.0 Å². The lowest BCUT2D eigenvalue weighted by Gasteiger charge is -2.32. The van der Waals surface area contributed by atoms with Crippen molar-refractivity contribution in [2.24, 2.45) is 0 Å². The van der Waals surface area contributed by atoms with Crippen LogP contribution in [0.15, 0.2) is 18.6 Å². The zero-order valence-electron chi connectivity index (χ0n) is 19.0. The molecule has 4 heterocycles. The minimum Gasteiger partial charge on any atom is -0.380 e. The van der Waals surface area contributed by atoms with E-state index >= 15 is 0 Å². The summed E-state index contributed by atoms with van der Waals surface area (Å²) in [5.41, 5.74) is 2.34. The third kappa shape index (κ3) is 6.39. The predicted molar refractivity (Wildman–Crippen MR) is 132 cm³/mol. The summed E-state index contributed by atoms with van der Waals surface area (Å²) < 4.78 is 12.8. The fraction of sp³-hybridized carbons (Fsp3) is 0.550. The van der Waals surface area contributed by atoms with Crippen molar-refractivity contribution in [2.45, 2.75) is 33.0 Å². The van der Waals surface area contributed by atoms with E-state index in [1.54, 1.807) is 19.4 Å². The maximum atomic E-state index is 5.56. The van der Waals surface area contributed by atoms with Gasteiger partial charge in [0, 0.05) is 45.6 Å². The van der Waals surface area contributed by atoms with Crippen LogP contribution in [-0.2, 0) is 22.6 Å². The van der Waals surface area contributed by atoms with Crippen LogP contribution >= 0.6 is 24.8 Å². The van der Waals surface area contributed by atoms with Crippen LogP contribution < -0.4 is 15.5 Å². The number of fused-ring (bicyclic) bond motifs is 1. The molecule has 11 nitrogen and oxygen atoms in total. The lowest BCUT2D eigenvalue weighted by molar-refractivity contribution is 0.136. The van der Waals surface area contributed by atoms with Crippen molar-refractivity contribution in [3.05, 3.63) is 24.3 Å². The van der Waals surface area contributed by atoms with Crippen LogP contribution in [0.1, 0.15) is 19.5 Å². The fourth-order valence-corrected chi connectivity index (χ4v) is 3.65. The Hall–Kier alpha value is -2.31. The average Bonchev–Trinajstić information content (AvgIpc) is 3.13. The molecule has 3 aromatic rings. The molecule has 0 aliphatic carbocycles. The molecule has 3 aromatic heterocycles. The van der Waals surface area contributed by atoms with E-state index in [4.69, 9.17) is 24.5 Å². The van der Waals surface area contributed by atoms with Crippen molar-refractivity contribution in [3.63, 3.8) is 0 Å². The molecule has 13 heteroatoms. The Morgan fingerprint density at radius 1 is 1.27 bits per heavy atom. The number of piperazine rings is 1. The Balaban J connectivity index is 0.00000193. The van der Waals surface area contributed by atoms with Gasteiger partial charge in [0.05, 0.1) is 19.8 Å². The second-order valence-corrected chi connectivity index (χ2v) is 7.39. The molecule has 0 unspecified atom stereocenters. The summed E-state index contributed by atoms with van der Waals surface area (Å²) in [6.07, 6.45) is 3.19. The summed E-state index contributed by atoms with van der Waals surface area (Å²) in [6, 6.07) is 2.16. The third-order valence-corrected chi connectivity index (χ3v) is 5.06. The molecular formula is C20H31Cl2N9O2. The predicted octanol–water partition coefficient (Wildman–Crippen LogP) is 2.18. The van der Waals surface area contributed by atoms with E-state index in [0.29, 0.717) is 50.0 Å². The zero-order valence-corrected chi connectivity index (χ0v) is 20.7. The number of nitrogens with zero attached hydrogens (tertiary/aromatic N) is 7. The topological polar surface area (TPSA) is 115 Å². The van der Waals surface area contributed by atoms with Crippen LogP contribution in [0.3, 0.4) is 0 Å². The molecule has 0 aromatic carbocycles. The van der Waals surface area contributed by atoms with Crippen molar-refractivity contribution >= 4 is 53.4 Å².